The number of likely N-dealkylation sites (N-methyl/N-ethyl adjacent to an activating group) is 1. The van der Waals surface area contributed by atoms with Gasteiger partial charge in [-0.05, 0) is 60.2 Å². The molecule has 1 unspecified atom stereocenters. The number of ether oxygens (including phenoxy) is 1. The number of nitrogens with zero attached hydrogens (tertiary/aromatic N) is 3. The summed E-state index contributed by atoms with van der Waals surface area (Å²) in [6.07, 6.45) is -4.56. The highest BCUT2D eigenvalue weighted by atomic mass is 19.4. The lowest BCUT2D eigenvalue weighted by molar-refractivity contribution is -0.137. The number of hydrogen-bond acceptors (Lipinski definition) is 6. The van der Waals surface area contributed by atoms with Gasteiger partial charge in [0.05, 0.1) is 29.4 Å². The highest BCUT2D eigenvalue weighted by Gasteiger charge is 2.47. The van der Waals surface area contributed by atoms with Crippen LogP contribution in [0.3, 0.4) is 0 Å². The SMILES string of the molecule is CN(C)c1ccc(C2/C(=C(/O)c3ccc4c(c3)N(C)CCO4)C(=O)C(=O)N2c2ccc(C(F)(F)F)cc2)cc1. The van der Waals surface area contributed by atoms with Gasteiger partial charge in [-0.2, -0.15) is 13.2 Å². The quantitative estimate of drug-likeness (QED) is 0.279. The summed E-state index contributed by atoms with van der Waals surface area (Å²) in [4.78, 5) is 31.7. The van der Waals surface area contributed by atoms with Crippen LogP contribution in [0.15, 0.2) is 72.3 Å². The summed E-state index contributed by atoms with van der Waals surface area (Å²) in [5.74, 6) is -1.64. The molecule has 0 aromatic heterocycles. The number of halogens is 3. The summed E-state index contributed by atoms with van der Waals surface area (Å²) in [6, 6.07) is 15.0. The van der Waals surface area contributed by atoms with Gasteiger partial charge in [0.25, 0.3) is 11.7 Å². The summed E-state index contributed by atoms with van der Waals surface area (Å²) >= 11 is 0. The summed E-state index contributed by atoms with van der Waals surface area (Å²) in [5.41, 5.74) is 1.47. The summed E-state index contributed by atoms with van der Waals surface area (Å²) in [7, 11) is 5.60. The summed E-state index contributed by atoms with van der Waals surface area (Å²) in [6.45, 7) is 1.14. The number of amides is 1. The van der Waals surface area contributed by atoms with Gasteiger partial charge in [0.1, 0.15) is 18.1 Å². The number of rotatable bonds is 4. The fourth-order valence-electron chi connectivity index (χ4n) is 4.83. The van der Waals surface area contributed by atoms with E-state index in [0.29, 0.717) is 35.7 Å². The number of ketones is 1. The molecule has 1 fully saturated rings. The molecule has 5 rings (SSSR count). The van der Waals surface area contributed by atoms with Gasteiger partial charge < -0.3 is 19.6 Å². The number of Topliss-reactive ketones (excluding diaryl/α,β-unsaturated/α-hetero) is 1. The molecule has 0 bridgehead atoms. The topological polar surface area (TPSA) is 73.3 Å². The van der Waals surface area contributed by atoms with E-state index in [1.807, 2.05) is 30.9 Å². The molecule has 3 aromatic rings. The molecule has 0 saturated carbocycles. The van der Waals surface area contributed by atoms with Crippen molar-refractivity contribution in [2.24, 2.45) is 0 Å². The molecule has 3 aromatic carbocycles. The molecular weight excluding hydrogens is 511 g/mol. The van der Waals surface area contributed by atoms with Crippen molar-refractivity contribution in [3.8, 4) is 5.75 Å². The first-order valence-corrected chi connectivity index (χ1v) is 12.2. The molecule has 1 atom stereocenters. The minimum atomic E-state index is -4.56. The van der Waals surface area contributed by atoms with Crippen molar-refractivity contribution >= 4 is 34.5 Å². The third-order valence-electron chi connectivity index (χ3n) is 6.97. The van der Waals surface area contributed by atoms with Crippen molar-refractivity contribution in [1.29, 1.82) is 0 Å². The number of carbonyl (C=O) groups excluding carboxylic acids is 2. The average molecular weight is 538 g/mol. The normalized spacial score (nSPS) is 18.7. The van der Waals surface area contributed by atoms with Crippen molar-refractivity contribution in [2.75, 3.05) is 49.0 Å². The molecule has 1 amide bonds. The Morgan fingerprint density at radius 3 is 2.28 bits per heavy atom. The number of alkyl halides is 3. The third-order valence-corrected chi connectivity index (χ3v) is 6.97. The van der Waals surface area contributed by atoms with Crippen molar-refractivity contribution in [3.05, 3.63) is 89.0 Å². The number of hydrogen-bond donors (Lipinski definition) is 1. The predicted octanol–water partition coefficient (Wildman–Crippen LogP) is 5.23. The molecule has 7 nitrogen and oxygen atoms in total. The standard InChI is InChI=1S/C29H26F3N3O4/c1-33(2)20-9-4-17(5-10-20)25-24(26(36)18-6-13-23-22(16-18)34(3)14-15-39-23)27(37)28(38)35(25)21-11-7-19(8-12-21)29(30,31)32/h4-13,16,25,36H,14-15H2,1-3H3/b26-24-. The monoisotopic (exact) mass is 537 g/mol. The predicted molar refractivity (Wildman–Crippen MR) is 142 cm³/mol. The van der Waals surface area contributed by atoms with Crippen LogP contribution >= 0.6 is 0 Å². The summed E-state index contributed by atoms with van der Waals surface area (Å²) < 4.78 is 45.2. The van der Waals surface area contributed by atoms with E-state index in [-0.39, 0.29) is 17.0 Å². The van der Waals surface area contributed by atoms with E-state index in [1.54, 1.807) is 42.5 Å². The number of aliphatic hydroxyl groups excluding tert-OH is 1. The lowest BCUT2D eigenvalue weighted by Gasteiger charge is -2.28. The molecule has 0 aliphatic carbocycles. The van der Waals surface area contributed by atoms with Crippen molar-refractivity contribution in [2.45, 2.75) is 12.2 Å². The van der Waals surface area contributed by atoms with Crippen molar-refractivity contribution in [1.82, 2.24) is 0 Å². The Labute approximate surface area is 223 Å². The Morgan fingerprint density at radius 2 is 1.67 bits per heavy atom. The molecule has 1 N–H and O–H groups in total. The van der Waals surface area contributed by atoms with E-state index >= 15 is 0 Å². The maximum absolute atomic E-state index is 13.4. The average Bonchev–Trinajstić information content (AvgIpc) is 3.18. The molecule has 2 aliphatic heterocycles. The van der Waals surface area contributed by atoms with E-state index in [1.165, 1.54) is 0 Å². The molecule has 1 saturated heterocycles. The van der Waals surface area contributed by atoms with E-state index < -0.39 is 29.5 Å². The maximum Gasteiger partial charge on any atom is 0.416 e. The fourth-order valence-corrected chi connectivity index (χ4v) is 4.83. The minimum Gasteiger partial charge on any atom is -0.507 e. The van der Waals surface area contributed by atoms with Gasteiger partial charge in [-0.15, -0.1) is 0 Å². The molecule has 2 heterocycles. The zero-order valence-electron chi connectivity index (χ0n) is 21.5. The molecule has 202 valence electrons. The molecule has 10 heteroatoms. The second kappa shape index (κ2) is 9.68. The Morgan fingerprint density at radius 1 is 1.00 bits per heavy atom. The number of fused-ring (bicyclic) bond motifs is 1. The van der Waals surface area contributed by atoms with Gasteiger partial charge in [0.2, 0.25) is 0 Å². The lowest BCUT2D eigenvalue weighted by Crippen LogP contribution is -2.29. The van der Waals surface area contributed by atoms with E-state index in [4.69, 9.17) is 4.74 Å². The zero-order chi connectivity index (χ0) is 28.1. The molecule has 39 heavy (non-hydrogen) atoms. The van der Waals surface area contributed by atoms with Crippen LogP contribution in [0, 0.1) is 0 Å². The number of carbonyl (C=O) groups is 2. The fraction of sp³-hybridized carbons (Fsp3) is 0.241. The van der Waals surface area contributed by atoms with Crippen LogP contribution in [0.2, 0.25) is 0 Å². The van der Waals surface area contributed by atoms with Gasteiger partial charge in [0, 0.05) is 38.1 Å². The number of benzene rings is 3. The summed E-state index contributed by atoms with van der Waals surface area (Å²) in [5, 5.41) is 11.4. The van der Waals surface area contributed by atoms with Crippen LogP contribution in [0.5, 0.6) is 5.75 Å². The lowest BCUT2D eigenvalue weighted by atomic mass is 9.94. The first kappa shape index (κ1) is 26.1. The highest BCUT2D eigenvalue weighted by Crippen LogP contribution is 2.44. The van der Waals surface area contributed by atoms with E-state index in [0.717, 1.165) is 34.9 Å². The number of anilines is 3. The molecule has 0 radical (unpaired) electrons. The van der Waals surface area contributed by atoms with E-state index in [2.05, 4.69) is 0 Å². The Balaban J connectivity index is 1.67. The second-order valence-corrected chi connectivity index (χ2v) is 9.65. The van der Waals surface area contributed by atoms with Crippen LogP contribution in [0.25, 0.3) is 5.76 Å². The molecule has 0 spiro atoms. The van der Waals surface area contributed by atoms with Gasteiger partial charge in [-0.3, -0.25) is 14.5 Å². The van der Waals surface area contributed by atoms with Crippen LogP contribution in [0.1, 0.15) is 22.7 Å². The molecular formula is C29H26F3N3O4. The van der Waals surface area contributed by atoms with Crippen LogP contribution in [0.4, 0.5) is 30.2 Å². The highest BCUT2D eigenvalue weighted by molar-refractivity contribution is 6.51. The van der Waals surface area contributed by atoms with Gasteiger partial charge in [0.15, 0.2) is 0 Å². The minimum absolute atomic E-state index is 0.101. The zero-order valence-corrected chi connectivity index (χ0v) is 21.5. The number of aliphatic hydroxyl groups is 1. The van der Waals surface area contributed by atoms with E-state index in [9.17, 15) is 27.9 Å². The largest absolute Gasteiger partial charge is 0.507 e. The first-order valence-electron chi connectivity index (χ1n) is 12.2. The smallest absolute Gasteiger partial charge is 0.416 e. The van der Waals surface area contributed by atoms with Gasteiger partial charge in [-0.25, -0.2) is 0 Å². The Bertz CT molecular complexity index is 1460. The van der Waals surface area contributed by atoms with Crippen LogP contribution in [-0.2, 0) is 15.8 Å². The van der Waals surface area contributed by atoms with Crippen molar-refractivity contribution in [3.63, 3.8) is 0 Å². The van der Waals surface area contributed by atoms with Crippen LogP contribution < -0.4 is 19.4 Å². The Kier molecular flexibility index (Phi) is 6.49. The first-order chi connectivity index (χ1) is 18.5. The second-order valence-electron chi connectivity index (χ2n) is 9.65. The maximum atomic E-state index is 13.4. The van der Waals surface area contributed by atoms with Crippen molar-refractivity contribution < 1.29 is 32.6 Å². The van der Waals surface area contributed by atoms with Gasteiger partial charge >= 0.3 is 6.18 Å². The van der Waals surface area contributed by atoms with Crippen LogP contribution in [-0.4, -0.2) is 51.1 Å². The molecule has 2 aliphatic rings. The Hall–Kier alpha value is -4.47. The third kappa shape index (κ3) is 4.67. The van der Waals surface area contributed by atoms with Gasteiger partial charge in [-0.1, -0.05) is 12.1 Å².